The summed E-state index contributed by atoms with van der Waals surface area (Å²) in [4.78, 5) is 26.5. The molecule has 1 heterocycles. The first kappa shape index (κ1) is 9.57. The van der Waals surface area contributed by atoms with Crippen molar-refractivity contribution in [2.24, 2.45) is 0 Å². The van der Waals surface area contributed by atoms with E-state index >= 15 is 0 Å². The fourth-order valence-electron chi connectivity index (χ4n) is 0.888. The Balaban J connectivity index is 2.41. The summed E-state index contributed by atoms with van der Waals surface area (Å²) in [5, 5.41) is 0. The molecule has 0 aromatic carbocycles. The van der Waals surface area contributed by atoms with E-state index in [4.69, 9.17) is 4.74 Å². The highest BCUT2D eigenvalue weighted by molar-refractivity contribution is 5.71. The fraction of sp³-hybridized carbons (Fsp3) is 0.500. The smallest absolute Gasteiger partial charge is 0.323 e. The molecule has 5 heteroatoms. The van der Waals surface area contributed by atoms with Crippen molar-refractivity contribution < 1.29 is 9.53 Å². The quantitative estimate of drug-likeness (QED) is 0.656. The van der Waals surface area contributed by atoms with E-state index in [-0.39, 0.29) is 18.1 Å². The molecule has 5 nitrogen and oxygen atoms in total. The van der Waals surface area contributed by atoms with Crippen LogP contribution in [0.3, 0.4) is 0 Å². The average molecular weight is 184 g/mol. The Kier molecular flexibility index (Phi) is 3.31. The predicted molar refractivity (Wildman–Crippen MR) is 46.4 cm³/mol. The number of carbonyl (C=O) groups excluding carboxylic acids is 1. The lowest BCUT2D eigenvalue weighted by Gasteiger charge is -2.00. The second kappa shape index (κ2) is 4.49. The average Bonchev–Trinajstić information content (AvgIpc) is 2.48. The standard InChI is InChI=1S/C8H12N2O3/c1-2-3-13-7(11)4-6-5-9-8(12)10-6/h5H,2-4H2,1H3,(H2,9,10,12). The fourth-order valence-corrected chi connectivity index (χ4v) is 0.888. The zero-order chi connectivity index (χ0) is 9.68. The van der Waals surface area contributed by atoms with Crippen LogP contribution < -0.4 is 5.69 Å². The first-order valence-corrected chi connectivity index (χ1v) is 4.14. The van der Waals surface area contributed by atoms with Crippen LogP contribution >= 0.6 is 0 Å². The highest BCUT2D eigenvalue weighted by Crippen LogP contribution is 1.93. The third kappa shape index (κ3) is 3.14. The Labute approximate surface area is 75.1 Å². The van der Waals surface area contributed by atoms with Gasteiger partial charge in [0.2, 0.25) is 0 Å². The highest BCUT2D eigenvalue weighted by atomic mass is 16.5. The second-order valence-corrected chi connectivity index (χ2v) is 2.67. The highest BCUT2D eigenvalue weighted by Gasteiger charge is 2.05. The summed E-state index contributed by atoms with van der Waals surface area (Å²) in [5.74, 6) is -0.322. The van der Waals surface area contributed by atoms with Gasteiger partial charge in [0.15, 0.2) is 0 Å². The molecule has 13 heavy (non-hydrogen) atoms. The lowest BCUT2D eigenvalue weighted by atomic mass is 10.3. The SMILES string of the molecule is CCCOC(=O)Cc1c[nH]c(=O)[nH]1. The molecule has 0 fully saturated rings. The van der Waals surface area contributed by atoms with Crippen LogP contribution in [0.1, 0.15) is 19.0 Å². The van der Waals surface area contributed by atoms with E-state index in [1.807, 2.05) is 6.92 Å². The molecular formula is C8H12N2O3. The van der Waals surface area contributed by atoms with Crippen LogP contribution in [0.4, 0.5) is 0 Å². The lowest BCUT2D eigenvalue weighted by molar-refractivity contribution is -0.142. The van der Waals surface area contributed by atoms with Gasteiger partial charge in [-0.05, 0) is 6.42 Å². The van der Waals surface area contributed by atoms with Crippen molar-refractivity contribution in [1.29, 1.82) is 0 Å². The molecule has 1 aromatic heterocycles. The van der Waals surface area contributed by atoms with Crippen molar-refractivity contribution in [2.45, 2.75) is 19.8 Å². The molecule has 0 saturated heterocycles. The Hall–Kier alpha value is -1.52. The molecule has 0 saturated carbocycles. The Morgan fingerprint density at radius 2 is 2.38 bits per heavy atom. The van der Waals surface area contributed by atoms with Gasteiger partial charge in [0, 0.05) is 11.9 Å². The number of hydrogen-bond donors (Lipinski definition) is 2. The number of esters is 1. The van der Waals surface area contributed by atoms with E-state index in [1.165, 1.54) is 6.20 Å². The van der Waals surface area contributed by atoms with Gasteiger partial charge in [0.25, 0.3) is 0 Å². The summed E-state index contributed by atoms with van der Waals surface area (Å²) in [6, 6.07) is 0. The topological polar surface area (TPSA) is 75.0 Å². The molecule has 1 rings (SSSR count). The van der Waals surface area contributed by atoms with Crippen molar-refractivity contribution in [3.8, 4) is 0 Å². The number of imidazole rings is 1. The summed E-state index contributed by atoms with van der Waals surface area (Å²) in [6.07, 6.45) is 2.38. The van der Waals surface area contributed by atoms with Crippen LogP contribution in [0.15, 0.2) is 11.0 Å². The molecule has 0 spiro atoms. The molecular weight excluding hydrogens is 172 g/mol. The molecule has 0 amide bonds. The number of H-pyrrole nitrogens is 2. The van der Waals surface area contributed by atoms with Crippen molar-refractivity contribution in [2.75, 3.05) is 6.61 Å². The van der Waals surface area contributed by atoms with Crippen molar-refractivity contribution >= 4 is 5.97 Å². The van der Waals surface area contributed by atoms with Gasteiger partial charge < -0.3 is 14.7 Å². The number of hydrogen-bond acceptors (Lipinski definition) is 3. The van der Waals surface area contributed by atoms with E-state index < -0.39 is 0 Å². The van der Waals surface area contributed by atoms with Gasteiger partial charge in [-0.25, -0.2) is 4.79 Å². The Morgan fingerprint density at radius 1 is 1.62 bits per heavy atom. The number of aromatic nitrogens is 2. The summed E-state index contributed by atoms with van der Waals surface area (Å²) >= 11 is 0. The maximum Gasteiger partial charge on any atom is 0.323 e. The molecule has 0 unspecified atom stereocenters. The molecule has 0 aliphatic heterocycles. The van der Waals surface area contributed by atoms with Crippen LogP contribution in [-0.2, 0) is 16.0 Å². The normalized spacial score (nSPS) is 9.92. The zero-order valence-corrected chi connectivity index (χ0v) is 7.42. The van der Waals surface area contributed by atoms with E-state index in [9.17, 15) is 9.59 Å². The Bertz CT molecular complexity index is 326. The summed E-state index contributed by atoms with van der Waals surface area (Å²) in [5.41, 5.74) is 0.240. The molecule has 0 aliphatic carbocycles. The largest absolute Gasteiger partial charge is 0.465 e. The van der Waals surface area contributed by atoms with Crippen LogP contribution in [0.2, 0.25) is 0 Å². The third-order valence-electron chi connectivity index (χ3n) is 1.45. The molecule has 0 bridgehead atoms. The van der Waals surface area contributed by atoms with Crippen LogP contribution in [0, 0.1) is 0 Å². The van der Waals surface area contributed by atoms with Crippen molar-refractivity contribution in [3.63, 3.8) is 0 Å². The van der Waals surface area contributed by atoms with Gasteiger partial charge in [-0.15, -0.1) is 0 Å². The van der Waals surface area contributed by atoms with Crippen LogP contribution in [-0.4, -0.2) is 22.5 Å². The van der Waals surface area contributed by atoms with E-state index in [0.29, 0.717) is 12.3 Å². The minimum Gasteiger partial charge on any atom is -0.465 e. The predicted octanol–water partition coefficient (Wildman–Crippen LogP) is 0.199. The van der Waals surface area contributed by atoms with Crippen LogP contribution in [0.5, 0.6) is 0 Å². The molecule has 0 radical (unpaired) electrons. The van der Waals surface area contributed by atoms with Gasteiger partial charge in [-0.1, -0.05) is 6.92 Å². The van der Waals surface area contributed by atoms with Gasteiger partial charge in [-0.3, -0.25) is 4.79 Å². The third-order valence-corrected chi connectivity index (χ3v) is 1.45. The summed E-state index contributed by atoms with van der Waals surface area (Å²) in [6.45, 7) is 2.35. The van der Waals surface area contributed by atoms with Crippen molar-refractivity contribution in [1.82, 2.24) is 9.97 Å². The first-order valence-electron chi connectivity index (χ1n) is 4.14. The van der Waals surface area contributed by atoms with E-state index in [1.54, 1.807) is 0 Å². The van der Waals surface area contributed by atoms with Gasteiger partial charge in [0.05, 0.1) is 13.0 Å². The number of carbonyl (C=O) groups is 1. The summed E-state index contributed by atoms with van der Waals surface area (Å²) in [7, 11) is 0. The second-order valence-electron chi connectivity index (χ2n) is 2.67. The number of ether oxygens (including phenoxy) is 1. The minimum atomic E-state index is -0.322. The number of rotatable bonds is 4. The number of nitrogens with one attached hydrogen (secondary N) is 2. The molecule has 0 aliphatic rings. The van der Waals surface area contributed by atoms with Gasteiger partial charge in [0.1, 0.15) is 0 Å². The maximum absolute atomic E-state index is 11.0. The molecule has 2 N–H and O–H groups in total. The van der Waals surface area contributed by atoms with Gasteiger partial charge in [-0.2, -0.15) is 0 Å². The molecule has 0 atom stereocenters. The lowest BCUT2D eigenvalue weighted by Crippen LogP contribution is -2.10. The maximum atomic E-state index is 11.0. The van der Waals surface area contributed by atoms with E-state index in [2.05, 4.69) is 9.97 Å². The molecule has 1 aromatic rings. The first-order chi connectivity index (χ1) is 6.22. The van der Waals surface area contributed by atoms with Crippen molar-refractivity contribution in [3.05, 3.63) is 22.4 Å². The minimum absolute atomic E-state index is 0.110. The Morgan fingerprint density at radius 3 is 2.92 bits per heavy atom. The van der Waals surface area contributed by atoms with Crippen LogP contribution in [0.25, 0.3) is 0 Å². The van der Waals surface area contributed by atoms with E-state index in [0.717, 1.165) is 6.42 Å². The van der Waals surface area contributed by atoms with Gasteiger partial charge >= 0.3 is 11.7 Å². The zero-order valence-electron chi connectivity index (χ0n) is 7.42. The monoisotopic (exact) mass is 184 g/mol. The number of aromatic amines is 2. The molecule has 72 valence electrons. The summed E-state index contributed by atoms with van der Waals surface area (Å²) < 4.78 is 4.83.